The molecule has 0 nitrogen and oxygen atoms in total. The minimum absolute atomic E-state index is 0. The standard InChI is InChI=1S/C8H12.Na.H/c1-6-4-7-2-3-8(6)5-7;;/h7H,2-5H2,1H3;;. The van der Waals surface area contributed by atoms with E-state index in [1.54, 1.807) is 11.1 Å². The van der Waals surface area contributed by atoms with Crippen LogP contribution in [-0.4, -0.2) is 29.6 Å². The van der Waals surface area contributed by atoms with Crippen molar-refractivity contribution in [3.05, 3.63) is 11.1 Å². The first-order valence-electron chi connectivity index (χ1n) is 3.54. The Morgan fingerprint density at radius 1 is 1.33 bits per heavy atom. The van der Waals surface area contributed by atoms with E-state index in [2.05, 4.69) is 6.92 Å². The molecule has 2 aliphatic rings. The molecule has 0 aromatic rings. The van der Waals surface area contributed by atoms with Crippen LogP contribution in [0.15, 0.2) is 11.1 Å². The van der Waals surface area contributed by atoms with E-state index in [0.717, 1.165) is 5.92 Å². The van der Waals surface area contributed by atoms with Gasteiger partial charge in [-0.1, -0.05) is 11.1 Å². The van der Waals surface area contributed by atoms with Crippen molar-refractivity contribution in [1.29, 1.82) is 0 Å². The van der Waals surface area contributed by atoms with Gasteiger partial charge in [0.25, 0.3) is 0 Å². The molecule has 0 aliphatic heterocycles. The molecule has 2 bridgehead atoms. The molecule has 1 saturated carbocycles. The number of fused-ring (bicyclic) bond motifs is 2. The molecule has 2 aliphatic carbocycles. The Morgan fingerprint density at radius 3 is 2.33 bits per heavy atom. The first kappa shape index (κ1) is 7.84. The van der Waals surface area contributed by atoms with Crippen molar-refractivity contribution < 1.29 is 0 Å². The zero-order valence-electron chi connectivity index (χ0n) is 5.41. The Kier molecular flexibility index (Phi) is 2.42. The first-order valence-corrected chi connectivity index (χ1v) is 3.54. The van der Waals surface area contributed by atoms with Crippen LogP contribution in [0.4, 0.5) is 0 Å². The van der Waals surface area contributed by atoms with Gasteiger partial charge >= 0.3 is 29.6 Å². The van der Waals surface area contributed by atoms with Gasteiger partial charge in [-0.15, -0.1) is 0 Å². The molecule has 0 heterocycles. The van der Waals surface area contributed by atoms with E-state index in [0.29, 0.717) is 0 Å². The van der Waals surface area contributed by atoms with Crippen LogP contribution < -0.4 is 0 Å². The molecule has 1 heteroatoms. The van der Waals surface area contributed by atoms with Crippen molar-refractivity contribution in [3.8, 4) is 0 Å². The van der Waals surface area contributed by atoms with Gasteiger partial charge in [-0.25, -0.2) is 0 Å². The fourth-order valence-corrected chi connectivity index (χ4v) is 2.07. The Morgan fingerprint density at radius 2 is 2.11 bits per heavy atom. The van der Waals surface area contributed by atoms with Gasteiger partial charge in [0.15, 0.2) is 0 Å². The van der Waals surface area contributed by atoms with Crippen LogP contribution in [0.1, 0.15) is 32.6 Å². The van der Waals surface area contributed by atoms with Crippen LogP contribution in [0.3, 0.4) is 0 Å². The summed E-state index contributed by atoms with van der Waals surface area (Å²) in [6, 6.07) is 0. The van der Waals surface area contributed by atoms with E-state index in [-0.39, 0.29) is 29.6 Å². The summed E-state index contributed by atoms with van der Waals surface area (Å²) in [4.78, 5) is 0. The molecule has 2 rings (SSSR count). The summed E-state index contributed by atoms with van der Waals surface area (Å²) in [5, 5.41) is 0. The van der Waals surface area contributed by atoms with E-state index in [9.17, 15) is 0 Å². The summed E-state index contributed by atoms with van der Waals surface area (Å²) in [7, 11) is 0. The van der Waals surface area contributed by atoms with E-state index in [1.807, 2.05) is 0 Å². The first-order chi connectivity index (χ1) is 3.86. The average Bonchev–Trinajstić information content (AvgIpc) is 2.23. The van der Waals surface area contributed by atoms with Crippen LogP contribution in [0.2, 0.25) is 0 Å². The molecule has 0 amide bonds. The molecule has 9 heavy (non-hydrogen) atoms. The van der Waals surface area contributed by atoms with Gasteiger partial charge in [-0.05, 0) is 38.5 Å². The molecule has 0 aromatic heterocycles. The topological polar surface area (TPSA) is 0 Å². The second-order valence-electron chi connectivity index (χ2n) is 3.20. The fraction of sp³-hybridized carbons (Fsp3) is 0.750. The number of hydrogen-bond acceptors (Lipinski definition) is 0. The maximum atomic E-state index is 2.30. The second kappa shape index (κ2) is 2.77. The molecule has 1 atom stereocenters. The average molecular weight is 132 g/mol. The Balaban J connectivity index is 0.000000405. The third kappa shape index (κ3) is 1.26. The van der Waals surface area contributed by atoms with Crippen LogP contribution in [0.25, 0.3) is 0 Å². The third-order valence-corrected chi connectivity index (χ3v) is 2.59. The van der Waals surface area contributed by atoms with Gasteiger partial charge < -0.3 is 0 Å². The number of hydrogen-bond donors (Lipinski definition) is 0. The summed E-state index contributed by atoms with van der Waals surface area (Å²) >= 11 is 0. The molecule has 1 fully saturated rings. The molecule has 0 aromatic carbocycles. The molecule has 0 radical (unpaired) electrons. The quantitative estimate of drug-likeness (QED) is 0.348. The summed E-state index contributed by atoms with van der Waals surface area (Å²) in [5.74, 6) is 1.07. The molecule has 1 unspecified atom stereocenters. The summed E-state index contributed by atoms with van der Waals surface area (Å²) in [6.07, 6.45) is 5.80. The zero-order valence-corrected chi connectivity index (χ0v) is 5.41. The monoisotopic (exact) mass is 132 g/mol. The van der Waals surface area contributed by atoms with Gasteiger partial charge in [-0.2, -0.15) is 0 Å². The Labute approximate surface area is 79.0 Å². The van der Waals surface area contributed by atoms with Crippen LogP contribution >= 0.6 is 0 Å². The predicted octanol–water partition coefficient (Wildman–Crippen LogP) is 1.86. The van der Waals surface area contributed by atoms with E-state index in [4.69, 9.17) is 0 Å². The van der Waals surface area contributed by atoms with Gasteiger partial charge in [-0.3, -0.25) is 0 Å². The normalized spacial score (nSPS) is 31.0. The van der Waals surface area contributed by atoms with Gasteiger partial charge in [0.1, 0.15) is 0 Å². The summed E-state index contributed by atoms with van der Waals surface area (Å²) in [5.41, 5.74) is 3.50. The van der Waals surface area contributed by atoms with E-state index >= 15 is 0 Å². The second-order valence-corrected chi connectivity index (χ2v) is 3.20. The Bertz CT molecular complexity index is 145. The molecule has 0 spiro atoms. The van der Waals surface area contributed by atoms with Gasteiger partial charge in [0, 0.05) is 0 Å². The van der Waals surface area contributed by atoms with Crippen molar-refractivity contribution >= 4 is 29.6 Å². The minimum atomic E-state index is 0. The van der Waals surface area contributed by atoms with Gasteiger partial charge in [0.05, 0.1) is 0 Å². The molecule has 0 N–H and O–H groups in total. The van der Waals surface area contributed by atoms with Crippen LogP contribution in [0.5, 0.6) is 0 Å². The number of allylic oxidation sites excluding steroid dienone is 2. The fourth-order valence-electron chi connectivity index (χ4n) is 2.07. The van der Waals surface area contributed by atoms with Crippen molar-refractivity contribution in [2.45, 2.75) is 32.6 Å². The predicted molar refractivity (Wildman–Crippen MR) is 41.8 cm³/mol. The molecule has 46 valence electrons. The Hall–Kier alpha value is 0.740. The third-order valence-electron chi connectivity index (χ3n) is 2.59. The van der Waals surface area contributed by atoms with Crippen LogP contribution in [0, 0.1) is 5.92 Å². The zero-order chi connectivity index (χ0) is 5.56. The molecule has 0 saturated heterocycles. The van der Waals surface area contributed by atoms with Crippen molar-refractivity contribution in [3.63, 3.8) is 0 Å². The van der Waals surface area contributed by atoms with E-state index < -0.39 is 0 Å². The molecular formula is C8H13Na. The number of rotatable bonds is 0. The van der Waals surface area contributed by atoms with E-state index in [1.165, 1.54) is 25.7 Å². The SMILES string of the molecule is CC1=C2CCC(C1)C2.[NaH]. The summed E-state index contributed by atoms with van der Waals surface area (Å²) in [6.45, 7) is 2.30. The van der Waals surface area contributed by atoms with Gasteiger partial charge in [0.2, 0.25) is 0 Å². The maximum absolute atomic E-state index is 2.30. The van der Waals surface area contributed by atoms with Crippen molar-refractivity contribution in [2.75, 3.05) is 0 Å². The summed E-state index contributed by atoms with van der Waals surface area (Å²) < 4.78 is 0. The van der Waals surface area contributed by atoms with Crippen molar-refractivity contribution in [1.82, 2.24) is 0 Å². The molecular weight excluding hydrogens is 119 g/mol. The van der Waals surface area contributed by atoms with Crippen LogP contribution in [-0.2, 0) is 0 Å². The van der Waals surface area contributed by atoms with Crippen molar-refractivity contribution in [2.24, 2.45) is 5.92 Å².